The molecular formula is C100H120. The summed E-state index contributed by atoms with van der Waals surface area (Å²) in [5.74, 6) is 0. The van der Waals surface area contributed by atoms with Crippen molar-refractivity contribution in [3.63, 3.8) is 0 Å². The summed E-state index contributed by atoms with van der Waals surface area (Å²) in [6.45, 7) is 51.4. The molecule has 17 aromatic rings. The number of hydrogen-bond acceptors (Lipinski definition) is 0. The first-order chi connectivity index (χ1) is 49.0. The third-order valence-corrected chi connectivity index (χ3v) is 17.0. The molecule has 0 heteroatoms. The molecule has 0 aliphatic rings. The highest BCUT2D eigenvalue weighted by Gasteiger charge is 2.13. The maximum atomic E-state index is 2.26. The number of hydrogen-bond donors (Lipinski definition) is 0. The minimum absolute atomic E-state index is 0.293. The van der Waals surface area contributed by atoms with Gasteiger partial charge < -0.3 is 0 Å². The zero-order chi connectivity index (χ0) is 74.1. The van der Waals surface area contributed by atoms with Crippen LogP contribution < -0.4 is 0 Å². The molecule has 100 heavy (non-hydrogen) atoms. The van der Waals surface area contributed by atoms with E-state index in [1.54, 1.807) is 0 Å². The van der Waals surface area contributed by atoms with Crippen LogP contribution in [0.2, 0.25) is 0 Å². The Kier molecular flexibility index (Phi) is 35.1. The molecule has 0 aliphatic heterocycles. The first-order valence-electron chi connectivity index (χ1n) is 37.9. The van der Waals surface area contributed by atoms with Gasteiger partial charge in [-0.25, -0.2) is 0 Å². The van der Waals surface area contributed by atoms with E-state index in [0.29, 0.717) is 5.41 Å². The van der Waals surface area contributed by atoms with Gasteiger partial charge in [-0.15, -0.1) is 0 Å². The third kappa shape index (κ3) is 19.2. The maximum absolute atomic E-state index is 2.26. The van der Waals surface area contributed by atoms with Crippen LogP contribution in [-0.2, 0) is 5.41 Å². The molecule has 0 saturated carbocycles. The average molecular weight is 1320 g/mol. The Morgan fingerprint density at radius 1 is 0.170 bits per heavy atom. The predicted molar refractivity (Wildman–Crippen MR) is 464 cm³/mol. The Morgan fingerprint density at radius 2 is 0.420 bits per heavy atom. The molecule has 520 valence electrons. The summed E-state index contributed by atoms with van der Waals surface area (Å²) in [5.41, 5.74) is 7.06. The maximum Gasteiger partial charge on any atom is -0.00241 e. The lowest BCUT2D eigenvalue weighted by Gasteiger charge is -2.18. The van der Waals surface area contributed by atoms with Crippen molar-refractivity contribution in [3.8, 4) is 0 Å². The fourth-order valence-corrected chi connectivity index (χ4v) is 12.7. The molecule has 0 saturated heterocycles. The number of aryl methyl sites for hydroxylation is 4. The van der Waals surface area contributed by atoms with E-state index in [1.165, 1.54) is 157 Å². The van der Waals surface area contributed by atoms with Crippen LogP contribution in [0.3, 0.4) is 0 Å². The van der Waals surface area contributed by atoms with Crippen LogP contribution in [0.1, 0.15) is 173 Å². The summed E-state index contributed by atoms with van der Waals surface area (Å²) < 4.78 is 0. The molecular weight excluding hydrogens is 1200 g/mol. The van der Waals surface area contributed by atoms with Crippen molar-refractivity contribution in [1.29, 1.82) is 0 Å². The molecule has 0 amide bonds. The SMILES string of the molecule is CC.CC.CC.CC.CC.CC.CC.CC.CC.CC(C)(C)c1ccccc1.Cc1ccc2c(ccc3c4ccccc4ccc23)c1.Cc1ccc2ccc3cccc4ccc1c2c34.Cc1ccc2ccc3cccc4ccc1c2c34.Cc1cccc2c1ccc1c3ccccc3ccc21. The van der Waals surface area contributed by atoms with Gasteiger partial charge in [-0.2, -0.15) is 0 Å². The Labute approximate surface area is 604 Å². The van der Waals surface area contributed by atoms with Gasteiger partial charge in [-0.1, -0.05) is 424 Å². The smallest absolute Gasteiger partial charge is 0.00241 e. The molecule has 0 unspecified atom stereocenters. The lowest BCUT2D eigenvalue weighted by molar-refractivity contribution is 0.590. The minimum atomic E-state index is 0.293. The van der Waals surface area contributed by atoms with Crippen molar-refractivity contribution in [3.05, 3.63) is 301 Å². The molecule has 0 aromatic heterocycles. The Bertz CT molecular complexity index is 4990. The standard InChI is InChI=1S/2C19H14.2C17H12.C10H14.9C2H6/c1-13-5-4-8-17-15(13)11-12-18-16-7-3-2-6-14(16)9-10-19(17)18;1-13-6-9-17-15(12-13)8-11-18-16-5-3-2-4-14(16)7-10-19(17)18;2*1-11-5-6-14-8-7-12-3-2-4-13-9-10-15(11)17(14)16(12)13;1-10(2,3)9-7-5-4-6-8-9;9*1-2/h2*2-12H,1H3;2*2-10H,1H3;4-8H,1-3H3;9*1-2H3. The second-order valence-corrected chi connectivity index (χ2v) is 23.4. The lowest BCUT2D eigenvalue weighted by Crippen LogP contribution is -2.10. The lowest BCUT2D eigenvalue weighted by atomic mass is 9.87. The molecule has 0 spiro atoms. The molecule has 0 heterocycles. The van der Waals surface area contributed by atoms with Crippen LogP contribution in [-0.4, -0.2) is 0 Å². The molecule has 17 aromatic carbocycles. The fourth-order valence-electron chi connectivity index (χ4n) is 12.7. The molecule has 0 bridgehead atoms. The van der Waals surface area contributed by atoms with Crippen molar-refractivity contribution >= 4 is 129 Å². The summed E-state index contributed by atoms with van der Waals surface area (Å²) in [6.07, 6.45) is 0. The van der Waals surface area contributed by atoms with Crippen LogP contribution in [0, 0.1) is 27.7 Å². The van der Waals surface area contributed by atoms with E-state index in [9.17, 15) is 0 Å². The number of benzene rings is 17. The normalized spacial score (nSPS) is 10.1. The zero-order valence-electron chi connectivity index (χ0n) is 66.0. The van der Waals surface area contributed by atoms with Crippen LogP contribution >= 0.6 is 0 Å². The largest absolute Gasteiger partial charge is 0.0683 e. The number of rotatable bonds is 0. The Morgan fingerprint density at radius 3 is 0.830 bits per heavy atom. The van der Waals surface area contributed by atoms with E-state index < -0.39 is 0 Å². The van der Waals surface area contributed by atoms with Crippen molar-refractivity contribution in [2.24, 2.45) is 0 Å². The van der Waals surface area contributed by atoms with Gasteiger partial charge in [-0.05, 0) is 185 Å². The van der Waals surface area contributed by atoms with Crippen LogP contribution in [0.4, 0.5) is 0 Å². The minimum Gasteiger partial charge on any atom is -0.0683 e. The van der Waals surface area contributed by atoms with Crippen LogP contribution in [0.5, 0.6) is 0 Å². The third-order valence-electron chi connectivity index (χ3n) is 17.0. The second kappa shape index (κ2) is 42.4. The molecule has 0 aliphatic carbocycles. The quantitative estimate of drug-likeness (QED) is 0.133. The van der Waals surface area contributed by atoms with Crippen LogP contribution in [0.15, 0.2) is 273 Å². The van der Waals surface area contributed by atoms with Gasteiger partial charge in [0.15, 0.2) is 0 Å². The summed E-state index contributed by atoms with van der Waals surface area (Å²) in [5, 5.41) is 32.5. The Balaban J connectivity index is 0.000000253. The van der Waals surface area contributed by atoms with Crippen molar-refractivity contribution in [1.82, 2.24) is 0 Å². The van der Waals surface area contributed by atoms with Gasteiger partial charge >= 0.3 is 0 Å². The van der Waals surface area contributed by atoms with Gasteiger partial charge in [0.05, 0.1) is 0 Å². The van der Waals surface area contributed by atoms with Gasteiger partial charge in [0.25, 0.3) is 0 Å². The molecule has 0 atom stereocenters. The fraction of sp³-hybridized carbons (Fsp3) is 0.260. The monoisotopic (exact) mass is 1320 g/mol. The topological polar surface area (TPSA) is 0 Å². The van der Waals surface area contributed by atoms with E-state index in [0.717, 1.165) is 0 Å². The summed E-state index contributed by atoms with van der Waals surface area (Å²) >= 11 is 0. The molecule has 0 nitrogen and oxygen atoms in total. The highest BCUT2D eigenvalue weighted by atomic mass is 14.2. The molecule has 0 radical (unpaired) electrons. The van der Waals surface area contributed by atoms with Gasteiger partial charge in [0, 0.05) is 0 Å². The van der Waals surface area contributed by atoms with Gasteiger partial charge in [0.2, 0.25) is 0 Å². The van der Waals surface area contributed by atoms with Crippen molar-refractivity contribution < 1.29 is 0 Å². The second-order valence-electron chi connectivity index (χ2n) is 23.4. The van der Waals surface area contributed by atoms with Crippen molar-refractivity contribution in [2.45, 2.75) is 179 Å². The van der Waals surface area contributed by atoms with E-state index in [1.807, 2.05) is 125 Å². The molecule has 0 fully saturated rings. The Hall–Kier alpha value is -9.62. The van der Waals surface area contributed by atoms with E-state index in [-0.39, 0.29) is 0 Å². The van der Waals surface area contributed by atoms with Gasteiger partial charge in [0.1, 0.15) is 0 Å². The first-order valence-corrected chi connectivity index (χ1v) is 37.9. The summed E-state index contributed by atoms with van der Waals surface area (Å²) in [6, 6.07) is 98.7. The summed E-state index contributed by atoms with van der Waals surface area (Å²) in [4.78, 5) is 0. The predicted octanol–water partition coefficient (Wildman–Crippen LogP) is 32.9. The van der Waals surface area contributed by atoms with Gasteiger partial charge in [-0.3, -0.25) is 0 Å². The molecule has 17 rings (SSSR count). The van der Waals surface area contributed by atoms with Crippen molar-refractivity contribution in [2.75, 3.05) is 0 Å². The van der Waals surface area contributed by atoms with E-state index in [2.05, 4.69) is 321 Å². The first kappa shape index (κ1) is 82.8. The summed E-state index contributed by atoms with van der Waals surface area (Å²) in [7, 11) is 0. The van der Waals surface area contributed by atoms with E-state index in [4.69, 9.17) is 0 Å². The highest BCUT2D eigenvalue weighted by Crippen LogP contribution is 2.38. The van der Waals surface area contributed by atoms with E-state index >= 15 is 0 Å². The molecule has 0 N–H and O–H groups in total. The number of fused-ring (bicyclic) bond motifs is 10. The van der Waals surface area contributed by atoms with Crippen LogP contribution in [0.25, 0.3) is 129 Å². The zero-order valence-corrected chi connectivity index (χ0v) is 66.0. The average Bonchev–Trinajstić information content (AvgIpc) is 0.765. The highest BCUT2D eigenvalue weighted by molar-refractivity contribution is 6.25.